The molecule has 2 aromatic carbocycles. The van der Waals surface area contributed by atoms with Gasteiger partial charge in [-0.3, -0.25) is 24.0 Å². The van der Waals surface area contributed by atoms with Crippen LogP contribution in [0.25, 0.3) is 0 Å². The smallest absolute Gasteiger partial charge is 0.271 e. The van der Waals surface area contributed by atoms with Gasteiger partial charge in [0.1, 0.15) is 24.0 Å². The predicted molar refractivity (Wildman–Crippen MR) is 142 cm³/mol. The first-order valence-electron chi connectivity index (χ1n) is 11.1. The fourth-order valence-electron chi connectivity index (χ4n) is 3.63. The van der Waals surface area contributed by atoms with Gasteiger partial charge in [-0.1, -0.05) is 36.2 Å². The third-order valence-electron chi connectivity index (χ3n) is 5.41. The third-order valence-corrected chi connectivity index (χ3v) is 7.13. The molecule has 1 atom stereocenters. The van der Waals surface area contributed by atoms with Gasteiger partial charge in [0.25, 0.3) is 5.69 Å². The number of benzene rings is 2. The summed E-state index contributed by atoms with van der Waals surface area (Å²) in [6, 6.07) is 7.13. The summed E-state index contributed by atoms with van der Waals surface area (Å²) in [5.74, 6) is -1.16. The van der Waals surface area contributed by atoms with Crippen LogP contribution in [0.5, 0.6) is 5.75 Å². The van der Waals surface area contributed by atoms with Crippen LogP contribution in [0.3, 0.4) is 0 Å². The molecule has 14 heteroatoms. The monoisotopic (exact) mass is 574 g/mol. The van der Waals surface area contributed by atoms with Gasteiger partial charge >= 0.3 is 0 Å². The summed E-state index contributed by atoms with van der Waals surface area (Å²) in [5, 5.41) is 14.7. The summed E-state index contributed by atoms with van der Waals surface area (Å²) >= 11 is 12.3. The van der Waals surface area contributed by atoms with Gasteiger partial charge in [-0.2, -0.15) is 0 Å². The Morgan fingerprint density at radius 1 is 1.16 bits per heavy atom. The normalized spacial score (nSPS) is 11.9. The average molecular weight is 575 g/mol. The van der Waals surface area contributed by atoms with Gasteiger partial charge in [0.05, 0.1) is 18.3 Å². The average Bonchev–Trinajstić information content (AvgIpc) is 2.82. The number of methoxy groups -OCH3 is 1. The fraction of sp³-hybridized carbons (Fsp3) is 0.391. The van der Waals surface area contributed by atoms with Crippen molar-refractivity contribution in [2.24, 2.45) is 0 Å². The number of hydrogen-bond acceptors (Lipinski definition) is 7. The molecule has 2 rings (SSSR count). The molecule has 0 aliphatic heterocycles. The summed E-state index contributed by atoms with van der Waals surface area (Å²) in [6.07, 6.45) is 1.09. The molecule has 0 unspecified atom stereocenters. The number of ether oxygens (including phenoxy) is 1. The maximum absolute atomic E-state index is 13.7. The summed E-state index contributed by atoms with van der Waals surface area (Å²) in [6.45, 7) is 2.89. The fourth-order valence-corrected chi connectivity index (χ4v) is 4.94. The highest BCUT2D eigenvalue weighted by Crippen LogP contribution is 2.34. The zero-order valence-corrected chi connectivity index (χ0v) is 23.1. The van der Waals surface area contributed by atoms with Gasteiger partial charge in [0.15, 0.2) is 0 Å². The number of nitrogens with one attached hydrogen (secondary N) is 1. The van der Waals surface area contributed by atoms with E-state index in [0.29, 0.717) is 21.4 Å². The highest BCUT2D eigenvalue weighted by molar-refractivity contribution is 7.92. The van der Waals surface area contributed by atoms with Gasteiger partial charge in [-0.25, -0.2) is 8.42 Å². The molecule has 1 N–H and O–H groups in total. The first-order chi connectivity index (χ1) is 17.3. The Hall–Kier alpha value is -3.09. The van der Waals surface area contributed by atoms with Gasteiger partial charge in [0, 0.05) is 35.3 Å². The molecule has 0 aliphatic carbocycles. The summed E-state index contributed by atoms with van der Waals surface area (Å²) < 4.78 is 31.5. The number of halogens is 2. The standard InChI is InChI=1S/C23H28Cl2N4O7S/c1-5-19(23(31)26-6-2)27(13-15-7-8-16(24)11-18(15)25)22(30)14-28(37(4,34)35)20-12-17(29(32)33)9-10-21(20)36-3/h7-12,19H,5-6,13-14H2,1-4H3,(H,26,31)/t19-/m1/s1. The Morgan fingerprint density at radius 2 is 1.84 bits per heavy atom. The van der Waals surface area contributed by atoms with Gasteiger partial charge < -0.3 is 15.0 Å². The lowest BCUT2D eigenvalue weighted by molar-refractivity contribution is -0.384. The quantitative estimate of drug-likeness (QED) is 0.301. The van der Waals surface area contributed by atoms with E-state index in [1.54, 1.807) is 26.0 Å². The third kappa shape index (κ3) is 7.70. The van der Waals surface area contributed by atoms with Crippen molar-refractivity contribution >= 4 is 56.4 Å². The molecule has 2 amide bonds. The topological polar surface area (TPSA) is 139 Å². The number of nitrogens with zero attached hydrogens (tertiary/aromatic N) is 3. The first-order valence-corrected chi connectivity index (χ1v) is 13.8. The zero-order valence-electron chi connectivity index (χ0n) is 20.7. The van der Waals surface area contributed by atoms with E-state index in [4.69, 9.17) is 27.9 Å². The number of nitro benzene ring substituents is 1. The number of anilines is 1. The van der Waals surface area contributed by atoms with E-state index in [1.807, 2.05) is 0 Å². The van der Waals surface area contributed by atoms with Gasteiger partial charge in [-0.15, -0.1) is 0 Å². The zero-order chi connectivity index (χ0) is 27.9. The number of nitro groups is 1. The van der Waals surface area contributed by atoms with Crippen molar-refractivity contribution in [3.8, 4) is 5.75 Å². The summed E-state index contributed by atoms with van der Waals surface area (Å²) in [4.78, 5) is 38.4. The van der Waals surface area contributed by atoms with E-state index >= 15 is 0 Å². The van der Waals surface area contributed by atoms with Crippen molar-refractivity contribution < 1.29 is 27.7 Å². The number of likely N-dealkylation sites (N-methyl/N-ethyl adjacent to an activating group) is 1. The molecular weight excluding hydrogens is 547 g/mol. The van der Waals surface area contributed by atoms with Crippen LogP contribution in [-0.4, -0.2) is 62.6 Å². The van der Waals surface area contributed by atoms with E-state index in [-0.39, 0.29) is 29.4 Å². The number of sulfonamides is 1. The van der Waals surface area contributed by atoms with E-state index in [1.165, 1.54) is 24.1 Å². The van der Waals surface area contributed by atoms with Crippen LogP contribution in [0.1, 0.15) is 25.8 Å². The molecule has 0 saturated carbocycles. The van der Waals surface area contributed by atoms with Crippen molar-refractivity contribution in [2.75, 3.05) is 30.8 Å². The van der Waals surface area contributed by atoms with E-state index < -0.39 is 45.0 Å². The Morgan fingerprint density at radius 3 is 2.35 bits per heavy atom. The Labute approximate surface area is 225 Å². The largest absolute Gasteiger partial charge is 0.495 e. The van der Waals surface area contributed by atoms with Crippen LogP contribution in [0.2, 0.25) is 10.0 Å². The van der Waals surface area contributed by atoms with E-state index in [0.717, 1.165) is 18.4 Å². The molecule has 0 aliphatic rings. The van der Waals surface area contributed by atoms with Crippen LogP contribution in [0.15, 0.2) is 36.4 Å². The number of carbonyl (C=O) groups excluding carboxylic acids is 2. The Balaban J connectivity index is 2.59. The Bertz CT molecular complexity index is 1270. The Kier molecular flexibility index (Phi) is 10.5. The van der Waals surface area contributed by atoms with E-state index in [9.17, 15) is 28.1 Å². The van der Waals surface area contributed by atoms with Crippen LogP contribution in [-0.2, 0) is 26.2 Å². The molecule has 0 radical (unpaired) electrons. The van der Waals surface area contributed by atoms with E-state index in [2.05, 4.69) is 5.32 Å². The second-order valence-corrected chi connectivity index (χ2v) is 10.7. The lowest BCUT2D eigenvalue weighted by atomic mass is 10.1. The predicted octanol–water partition coefficient (Wildman–Crippen LogP) is 3.62. The SMILES string of the molecule is CCNC(=O)[C@@H](CC)N(Cc1ccc(Cl)cc1Cl)C(=O)CN(c1cc([N+](=O)[O-])ccc1OC)S(C)(=O)=O. The van der Waals surface area contributed by atoms with Crippen molar-refractivity contribution in [1.82, 2.24) is 10.2 Å². The summed E-state index contributed by atoms with van der Waals surface area (Å²) in [7, 11) is -2.86. The first kappa shape index (κ1) is 30.1. The maximum Gasteiger partial charge on any atom is 0.271 e. The van der Waals surface area contributed by atoms with Crippen LogP contribution < -0.4 is 14.4 Å². The minimum atomic E-state index is -4.13. The molecule has 202 valence electrons. The van der Waals surface area contributed by atoms with Gasteiger partial charge in [-0.05, 0) is 37.1 Å². The molecule has 0 heterocycles. The number of rotatable bonds is 12. The lowest BCUT2D eigenvalue weighted by Crippen LogP contribution is -2.52. The van der Waals surface area contributed by atoms with Gasteiger partial charge in [0.2, 0.25) is 21.8 Å². The van der Waals surface area contributed by atoms with Crippen molar-refractivity contribution in [3.05, 3.63) is 62.1 Å². The molecule has 0 aromatic heterocycles. The summed E-state index contributed by atoms with van der Waals surface area (Å²) in [5.41, 5.74) is -0.0976. The second-order valence-electron chi connectivity index (χ2n) is 7.96. The molecule has 0 bridgehead atoms. The number of non-ortho nitro benzene ring substituents is 1. The van der Waals surface area contributed by atoms with Crippen LogP contribution in [0, 0.1) is 10.1 Å². The molecule has 0 fully saturated rings. The lowest BCUT2D eigenvalue weighted by Gasteiger charge is -2.33. The minimum absolute atomic E-state index is 0.00638. The number of hydrogen-bond donors (Lipinski definition) is 1. The molecule has 0 spiro atoms. The van der Waals surface area contributed by atoms with Crippen LogP contribution >= 0.6 is 23.2 Å². The molecule has 37 heavy (non-hydrogen) atoms. The van der Waals surface area contributed by atoms with Crippen molar-refractivity contribution in [2.45, 2.75) is 32.9 Å². The highest BCUT2D eigenvalue weighted by Gasteiger charge is 2.33. The molecule has 0 saturated heterocycles. The molecular formula is C23H28Cl2N4O7S. The highest BCUT2D eigenvalue weighted by atomic mass is 35.5. The number of amides is 2. The minimum Gasteiger partial charge on any atom is -0.495 e. The maximum atomic E-state index is 13.7. The molecule has 2 aromatic rings. The van der Waals surface area contributed by atoms with Crippen LogP contribution in [0.4, 0.5) is 11.4 Å². The second kappa shape index (κ2) is 12.9. The molecule has 11 nitrogen and oxygen atoms in total. The number of carbonyl (C=O) groups is 2. The van der Waals surface area contributed by atoms with Crippen molar-refractivity contribution in [3.63, 3.8) is 0 Å². The van der Waals surface area contributed by atoms with Crippen molar-refractivity contribution in [1.29, 1.82) is 0 Å².